The van der Waals surface area contributed by atoms with E-state index in [1.54, 1.807) is 6.07 Å². The topological polar surface area (TPSA) is 52.6 Å². The highest BCUT2D eigenvalue weighted by molar-refractivity contribution is 7.20. The summed E-state index contributed by atoms with van der Waals surface area (Å²) >= 11 is 0. The highest BCUT2D eigenvalue weighted by atomic mass is 19.2. The van der Waals surface area contributed by atoms with E-state index in [2.05, 4.69) is 51.3 Å². The number of benzene rings is 6. The van der Waals surface area contributed by atoms with Crippen molar-refractivity contribution in [2.45, 2.75) is 6.54 Å². The Labute approximate surface area is 360 Å². The molecule has 0 saturated heterocycles. The van der Waals surface area contributed by atoms with Crippen LogP contribution in [0.15, 0.2) is 84.2 Å². The van der Waals surface area contributed by atoms with Gasteiger partial charge in [-0.3, -0.25) is 0 Å². The lowest BCUT2D eigenvalue weighted by molar-refractivity contribution is -0.688. The SMILES string of the molecule is Fc1c(F)c(F)c([B-](c2c(F)c(F)c(F)c(F)c2F)(c2c(F)c(F)c(F)c(F)c2F)c2c(F)c(F)c(F)c(F)c2F)c(F)c1F.[N-]=[N+]=Nc1cccc(-c2cc[n+](Cc3ccccc3)cc2)c1. The van der Waals surface area contributed by atoms with Crippen molar-refractivity contribution in [2.75, 3.05) is 0 Å². The fourth-order valence-corrected chi connectivity index (χ4v) is 7.22. The molecule has 7 rings (SSSR count). The van der Waals surface area contributed by atoms with E-state index in [-0.39, 0.29) is 0 Å². The number of pyridine rings is 1. The first-order chi connectivity index (χ1) is 31.5. The first-order valence-corrected chi connectivity index (χ1v) is 18.0. The van der Waals surface area contributed by atoms with Crippen molar-refractivity contribution in [3.63, 3.8) is 0 Å². The lowest BCUT2D eigenvalue weighted by atomic mass is 9.12. The normalized spacial score (nSPS) is 11.3. The van der Waals surface area contributed by atoms with Crippen LogP contribution in [0.5, 0.6) is 0 Å². The van der Waals surface area contributed by atoms with E-state index >= 15 is 35.1 Å². The smallest absolute Gasteiger partial charge is 0.200 e. The molecule has 6 aromatic carbocycles. The van der Waals surface area contributed by atoms with E-state index in [0.29, 0.717) is 5.69 Å². The van der Waals surface area contributed by atoms with Gasteiger partial charge in [0, 0.05) is 28.3 Å². The van der Waals surface area contributed by atoms with Crippen molar-refractivity contribution in [1.82, 2.24) is 0 Å². The molecule has 7 aromatic rings. The first-order valence-electron chi connectivity index (χ1n) is 18.0. The Morgan fingerprint density at radius 2 is 0.687 bits per heavy atom. The molecule has 1 aromatic heterocycles. The summed E-state index contributed by atoms with van der Waals surface area (Å²) in [6.07, 6.45) is -3.10. The van der Waals surface area contributed by atoms with Crippen LogP contribution in [-0.2, 0) is 6.54 Å². The van der Waals surface area contributed by atoms with Crippen LogP contribution in [0.4, 0.5) is 93.5 Å². The third-order valence-corrected chi connectivity index (χ3v) is 10.1. The van der Waals surface area contributed by atoms with Crippen LogP contribution in [0, 0.1) is 116 Å². The Kier molecular flexibility index (Phi) is 13.7. The summed E-state index contributed by atoms with van der Waals surface area (Å²) in [5.41, 5.74) is -1.79. The maximum Gasteiger partial charge on any atom is 0.200 e. The van der Waals surface area contributed by atoms with Crippen molar-refractivity contribution >= 4 is 33.7 Å². The Balaban J connectivity index is 0.000000279. The van der Waals surface area contributed by atoms with Crippen molar-refractivity contribution in [2.24, 2.45) is 5.11 Å². The summed E-state index contributed by atoms with van der Waals surface area (Å²) in [6, 6.07) is 22.1. The van der Waals surface area contributed by atoms with Crippen LogP contribution in [-0.4, -0.2) is 6.15 Å². The molecule has 1 heterocycles. The molecule has 0 unspecified atom stereocenters. The van der Waals surface area contributed by atoms with Crippen LogP contribution >= 0.6 is 0 Å². The molecule has 0 spiro atoms. The molecule has 0 fully saturated rings. The predicted molar refractivity (Wildman–Crippen MR) is 196 cm³/mol. The summed E-state index contributed by atoms with van der Waals surface area (Å²) in [7, 11) is 0. The molecule has 0 atom stereocenters. The third kappa shape index (κ3) is 8.12. The first kappa shape index (κ1) is 48.9. The van der Waals surface area contributed by atoms with E-state index in [1.165, 1.54) is 5.56 Å². The quantitative estimate of drug-likeness (QED) is 0.0213. The van der Waals surface area contributed by atoms with Gasteiger partial charge in [0.1, 0.15) is 52.7 Å². The van der Waals surface area contributed by atoms with Gasteiger partial charge in [-0.15, -0.1) is 21.9 Å². The van der Waals surface area contributed by atoms with E-state index in [0.717, 1.165) is 17.7 Å². The van der Waals surface area contributed by atoms with Crippen molar-refractivity contribution < 1.29 is 92.4 Å². The van der Waals surface area contributed by atoms with Gasteiger partial charge >= 0.3 is 0 Å². The minimum absolute atomic E-state index is 0.626. The Bertz CT molecular complexity index is 2780. The lowest BCUT2D eigenvalue weighted by Crippen LogP contribution is -2.81. The molecule has 0 aliphatic carbocycles. The zero-order valence-corrected chi connectivity index (χ0v) is 32.1. The Morgan fingerprint density at radius 3 is 1.00 bits per heavy atom. The number of aromatic nitrogens is 1. The maximum absolute atomic E-state index is 15.4. The fourth-order valence-electron chi connectivity index (χ4n) is 7.22. The Hall–Kier alpha value is -7.56. The number of hydrogen-bond acceptors (Lipinski definition) is 1. The van der Waals surface area contributed by atoms with Gasteiger partial charge in [0.05, 0.1) is 0 Å². The molecule has 0 amide bonds. The largest absolute Gasteiger partial charge is 0.207 e. The van der Waals surface area contributed by atoms with Crippen LogP contribution in [0.3, 0.4) is 0 Å². The lowest BCUT2D eigenvalue weighted by Gasteiger charge is -2.44. The summed E-state index contributed by atoms with van der Waals surface area (Å²) in [4.78, 5) is 2.82. The van der Waals surface area contributed by atoms with Gasteiger partial charge in [0.15, 0.2) is 88.7 Å². The molecule has 346 valence electrons. The van der Waals surface area contributed by atoms with Gasteiger partial charge in [-0.25, -0.2) is 92.4 Å². The summed E-state index contributed by atoms with van der Waals surface area (Å²) in [6.45, 7) is 0.847. The van der Waals surface area contributed by atoms with Gasteiger partial charge in [0.25, 0.3) is 0 Å². The number of halogens is 20. The molecule has 4 nitrogen and oxygen atoms in total. The van der Waals surface area contributed by atoms with Crippen LogP contribution in [0.25, 0.3) is 21.6 Å². The zero-order chi connectivity index (χ0) is 49.6. The number of nitrogens with zero attached hydrogens (tertiary/aromatic N) is 4. The molecule has 0 saturated carbocycles. The molecule has 0 bridgehead atoms. The second-order valence-electron chi connectivity index (χ2n) is 13.8. The highest BCUT2D eigenvalue weighted by Crippen LogP contribution is 2.31. The molecular weight excluding hydrogens is 951 g/mol. The minimum Gasteiger partial charge on any atom is -0.207 e. The van der Waals surface area contributed by atoms with Crippen molar-refractivity contribution in [3.05, 3.63) is 211 Å². The van der Waals surface area contributed by atoms with Gasteiger partial charge in [0.2, 0.25) is 0 Å². The van der Waals surface area contributed by atoms with Crippen LogP contribution in [0.2, 0.25) is 0 Å². The molecular formula is C42H15BF20N4. The average Bonchev–Trinajstić information content (AvgIpc) is 3.32. The van der Waals surface area contributed by atoms with Gasteiger partial charge < -0.3 is 0 Å². The van der Waals surface area contributed by atoms with Crippen molar-refractivity contribution in [3.8, 4) is 11.1 Å². The molecule has 67 heavy (non-hydrogen) atoms. The van der Waals surface area contributed by atoms with Crippen molar-refractivity contribution in [1.29, 1.82) is 0 Å². The van der Waals surface area contributed by atoms with Crippen LogP contribution in [0.1, 0.15) is 5.56 Å². The van der Waals surface area contributed by atoms with E-state index in [9.17, 15) is 52.7 Å². The van der Waals surface area contributed by atoms with Gasteiger partial charge in [-0.05, 0) is 22.7 Å². The standard InChI is InChI=1S/C24BF20.C18H15N4/c26-5-1(6(27)14(35)21(42)13(5)34)25(2-7(28)15(36)22(43)16(37)8(2)29,3-9(30)17(38)23(44)18(39)10(3)31)4-11(32)19(40)24(45)20(41)12(4)33;19-21-20-18-8-4-7-17(13-18)16-9-11-22(12-10-16)14-15-5-2-1-3-6-15/h;1-13H,14H2/q-1;+1. The van der Waals surface area contributed by atoms with Gasteiger partial charge in [-0.1, -0.05) is 53.6 Å². The summed E-state index contributed by atoms with van der Waals surface area (Å²) in [5.74, 6) is -71.4. The molecule has 0 N–H and O–H groups in total. The predicted octanol–water partition coefficient (Wildman–Crippen LogP) is 10.5. The average molecular weight is 966 g/mol. The zero-order valence-electron chi connectivity index (χ0n) is 32.1. The third-order valence-electron chi connectivity index (χ3n) is 10.1. The Morgan fingerprint density at radius 1 is 0.373 bits per heavy atom. The second kappa shape index (κ2) is 18.7. The maximum atomic E-state index is 15.4. The van der Waals surface area contributed by atoms with Crippen LogP contribution < -0.4 is 26.4 Å². The number of hydrogen-bond donors (Lipinski definition) is 0. The van der Waals surface area contributed by atoms with E-state index in [1.807, 2.05) is 36.4 Å². The molecule has 25 heteroatoms. The number of rotatable bonds is 8. The molecule has 0 aliphatic rings. The molecule has 0 radical (unpaired) electrons. The van der Waals surface area contributed by atoms with Gasteiger partial charge in [-0.2, -0.15) is 0 Å². The molecule has 0 aliphatic heterocycles. The summed E-state index contributed by atoms with van der Waals surface area (Å²) < 4.78 is 296. The van der Waals surface area contributed by atoms with E-state index < -0.39 is 144 Å². The minimum atomic E-state index is -7.22. The number of azide groups is 1. The summed E-state index contributed by atoms with van der Waals surface area (Å²) in [5, 5.41) is 3.64. The highest BCUT2D eigenvalue weighted by Gasteiger charge is 2.52. The second-order valence-corrected chi connectivity index (χ2v) is 13.8. The monoisotopic (exact) mass is 966 g/mol. The van der Waals surface area contributed by atoms with E-state index in [4.69, 9.17) is 5.53 Å². The fraction of sp³-hybridized carbons (Fsp3) is 0.0238.